The Morgan fingerprint density at radius 1 is 1.60 bits per heavy atom. The van der Waals surface area contributed by atoms with Crippen LogP contribution in [0.25, 0.3) is 0 Å². The highest BCUT2D eigenvalue weighted by atomic mass is 19.1. The molecule has 2 heteroatoms. The smallest absolute Gasteiger partial charge is 0.115 e. The van der Waals surface area contributed by atoms with Gasteiger partial charge in [-0.1, -0.05) is 13.3 Å². The Labute approximate surface area is 62.0 Å². The minimum Gasteiger partial charge on any atom is -0.314 e. The van der Waals surface area contributed by atoms with Crippen LogP contribution in [0.15, 0.2) is 0 Å². The molecule has 0 aliphatic carbocycles. The van der Waals surface area contributed by atoms with Crippen molar-refractivity contribution in [2.75, 3.05) is 13.1 Å². The normalized spacial score (nSPS) is 34.2. The molecule has 1 fully saturated rings. The lowest BCUT2D eigenvalue weighted by Gasteiger charge is -2.25. The number of nitrogens with one attached hydrogen (secondary N) is 1. The lowest BCUT2D eigenvalue weighted by molar-refractivity contribution is 0.171. The van der Waals surface area contributed by atoms with Crippen LogP contribution < -0.4 is 5.32 Å². The van der Waals surface area contributed by atoms with Gasteiger partial charge in [-0.2, -0.15) is 0 Å². The van der Waals surface area contributed by atoms with E-state index in [-0.39, 0.29) is 0 Å². The van der Waals surface area contributed by atoms with Crippen LogP contribution in [0.1, 0.15) is 26.2 Å². The van der Waals surface area contributed by atoms with Crippen LogP contribution in [0, 0.1) is 5.92 Å². The molecule has 1 nitrogen and oxygen atoms in total. The number of halogens is 1. The summed E-state index contributed by atoms with van der Waals surface area (Å²) in [5, 5.41) is 3.05. The molecule has 2 atom stereocenters. The largest absolute Gasteiger partial charge is 0.314 e. The van der Waals surface area contributed by atoms with Crippen molar-refractivity contribution in [3.8, 4) is 0 Å². The van der Waals surface area contributed by atoms with Crippen LogP contribution in [0.2, 0.25) is 0 Å². The summed E-state index contributed by atoms with van der Waals surface area (Å²) in [5.74, 6) is 0.339. The average Bonchev–Trinajstić information content (AvgIpc) is 1.94. The molecule has 10 heavy (non-hydrogen) atoms. The van der Waals surface area contributed by atoms with Gasteiger partial charge in [0.1, 0.15) is 6.17 Å². The fourth-order valence-electron chi connectivity index (χ4n) is 1.57. The van der Waals surface area contributed by atoms with E-state index in [1.54, 1.807) is 0 Å². The van der Waals surface area contributed by atoms with Crippen LogP contribution in [-0.2, 0) is 0 Å². The van der Waals surface area contributed by atoms with Gasteiger partial charge in [0.05, 0.1) is 0 Å². The molecule has 1 aliphatic heterocycles. The summed E-state index contributed by atoms with van der Waals surface area (Å²) < 4.78 is 13.0. The second kappa shape index (κ2) is 3.91. The maximum absolute atomic E-state index is 13.0. The predicted octanol–water partition coefficient (Wildman–Crippen LogP) is 1.73. The van der Waals surface area contributed by atoms with E-state index < -0.39 is 6.17 Å². The van der Waals surface area contributed by atoms with E-state index in [0.29, 0.717) is 12.5 Å². The third kappa shape index (κ3) is 1.94. The second-order valence-corrected chi connectivity index (χ2v) is 3.06. The van der Waals surface area contributed by atoms with Gasteiger partial charge in [-0.3, -0.25) is 0 Å². The first-order chi connectivity index (χ1) is 4.84. The molecule has 0 bridgehead atoms. The summed E-state index contributed by atoms with van der Waals surface area (Å²) in [6.45, 7) is 3.70. The molecule has 0 saturated carbocycles. The second-order valence-electron chi connectivity index (χ2n) is 3.06. The first-order valence-electron chi connectivity index (χ1n) is 4.19. The van der Waals surface area contributed by atoms with Crippen molar-refractivity contribution >= 4 is 0 Å². The van der Waals surface area contributed by atoms with E-state index in [9.17, 15) is 4.39 Å². The van der Waals surface area contributed by atoms with Crippen molar-refractivity contribution < 1.29 is 4.39 Å². The SMILES string of the molecule is CCCC1CCNC[C@H]1F. The van der Waals surface area contributed by atoms with Gasteiger partial charge in [0.15, 0.2) is 0 Å². The molecule has 1 heterocycles. The lowest BCUT2D eigenvalue weighted by Crippen LogP contribution is -2.37. The zero-order chi connectivity index (χ0) is 7.40. The molecular formula is C8H16FN. The van der Waals surface area contributed by atoms with Crippen molar-refractivity contribution in [3.05, 3.63) is 0 Å². The molecule has 1 N–H and O–H groups in total. The van der Waals surface area contributed by atoms with Crippen molar-refractivity contribution in [3.63, 3.8) is 0 Å². The molecule has 1 unspecified atom stereocenters. The quantitative estimate of drug-likeness (QED) is 0.624. The average molecular weight is 145 g/mol. The van der Waals surface area contributed by atoms with E-state index in [1.165, 1.54) is 0 Å². The highest BCUT2D eigenvalue weighted by Crippen LogP contribution is 2.20. The Hall–Kier alpha value is -0.110. The Bertz CT molecular complexity index is 93.3. The molecule has 0 aromatic heterocycles. The number of hydrogen-bond donors (Lipinski definition) is 1. The van der Waals surface area contributed by atoms with E-state index in [2.05, 4.69) is 12.2 Å². The predicted molar refractivity (Wildman–Crippen MR) is 40.8 cm³/mol. The lowest BCUT2D eigenvalue weighted by atomic mass is 9.92. The van der Waals surface area contributed by atoms with Gasteiger partial charge < -0.3 is 5.32 Å². The summed E-state index contributed by atoms with van der Waals surface area (Å²) >= 11 is 0. The van der Waals surface area contributed by atoms with E-state index in [0.717, 1.165) is 25.8 Å². The zero-order valence-corrected chi connectivity index (χ0v) is 6.57. The van der Waals surface area contributed by atoms with Gasteiger partial charge in [0, 0.05) is 6.54 Å². The minimum absolute atomic E-state index is 0.339. The molecule has 1 saturated heterocycles. The zero-order valence-electron chi connectivity index (χ0n) is 6.57. The third-order valence-electron chi connectivity index (χ3n) is 2.20. The van der Waals surface area contributed by atoms with Gasteiger partial charge in [0.2, 0.25) is 0 Å². The molecule has 1 aliphatic rings. The van der Waals surface area contributed by atoms with Gasteiger partial charge in [-0.15, -0.1) is 0 Å². The number of rotatable bonds is 2. The Morgan fingerprint density at radius 3 is 3.00 bits per heavy atom. The van der Waals surface area contributed by atoms with Gasteiger partial charge >= 0.3 is 0 Å². The van der Waals surface area contributed by atoms with Crippen LogP contribution in [-0.4, -0.2) is 19.3 Å². The van der Waals surface area contributed by atoms with Gasteiger partial charge in [-0.05, 0) is 25.3 Å². The number of alkyl halides is 1. The van der Waals surface area contributed by atoms with Crippen molar-refractivity contribution in [2.45, 2.75) is 32.4 Å². The number of hydrogen-bond acceptors (Lipinski definition) is 1. The maximum atomic E-state index is 13.0. The highest BCUT2D eigenvalue weighted by molar-refractivity contribution is 4.76. The molecule has 0 amide bonds. The summed E-state index contributed by atoms with van der Waals surface area (Å²) in [6.07, 6.45) is 2.61. The summed E-state index contributed by atoms with van der Waals surface area (Å²) in [5.41, 5.74) is 0. The molecule has 0 spiro atoms. The first kappa shape index (κ1) is 7.99. The van der Waals surface area contributed by atoms with Crippen LogP contribution in [0.3, 0.4) is 0 Å². The molecular weight excluding hydrogens is 129 g/mol. The Morgan fingerprint density at radius 2 is 2.40 bits per heavy atom. The topological polar surface area (TPSA) is 12.0 Å². The fraction of sp³-hybridized carbons (Fsp3) is 1.00. The Kier molecular flexibility index (Phi) is 3.13. The minimum atomic E-state index is -0.589. The van der Waals surface area contributed by atoms with Crippen LogP contribution >= 0.6 is 0 Å². The molecule has 60 valence electrons. The Balaban J connectivity index is 2.25. The summed E-state index contributed by atoms with van der Waals surface area (Å²) in [6, 6.07) is 0. The maximum Gasteiger partial charge on any atom is 0.115 e. The monoisotopic (exact) mass is 145 g/mol. The van der Waals surface area contributed by atoms with Crippen LogP contribution in [0.5, 0.6) is 0 Å². The van der Waals surface area contributed by atoms with Gasteiger partial charge in [0.25, 0.3) is 0 Å². The number of piperidine rings is 1. The summed E-state index contributed by atoms with van der Waals surface area (Å²) in [7, 11) is 0. The highest BCUT2D eigenvalue weighted by Gasteiger charge is 2.22. The molecule has 0 aromatic rings. The molecule has 0 radical (unpaired) electrons. The van der Waals surface area contributed by atoms with E-state index in [1.807, 2.05) is 0 Å². The fourth-order valence-corrected chi connectivity index (χ4v) is 1.57. The van der Waals surface area contributed by atoms with E-state index in [4.69, 9.17) is 0 Å². The molecule has 1 rings (SSSR count). The van der Waals surface area contributed by atoms with Gasteiger partial charge in [-0.25, -0.2) is 4.39 Å². The first-order valence-corrected chi connectivity index (χ1v) is 4.19. The van der Waals surface area contributed by atoms with E-state index >= 15 is 0 Å². The van der Waals surface area contributed by atoms with Crippen LogP contribution in [0.4, 0.5) is 4.39 Å². The van der Waals surface area contributed by atoms with Crippen molar-refractivity contribution in [2.24, 2.45) is 5.92 Å². The van der Waals surface area contributed by atoms with Crippen molar-refractivity contribution in [1.29, 1.82) is 0 Å². The standard InChI is InChI=1S/C8H16FN/c1-2-3-7-4-5-10-6-8(7)9/h7-8,10H,2-6H2,1H3/t7?,8-/m1/s1. The summed E-state index contributed by atoms with van der Waals surface area (Å²) in [4.78, 5) is 0. The van der Waals surface area contributed by atoms with Crippen molar-refractivity contribution in [1.82, 2.24) is 5.32 Å². The molecule has 0 aromatic carbocycles. The third-order valence-corrected chi connectivity index (χ3v) is 2.20.